The second-order valence-corrected chi connectivity index (χ2v) is 7.29. The first-order chi connectivity index (χ1) is 12.0. The van der Waals surface area contributed by atoms with E-state index in [9.17, 15) is 4.79 Å². The molecule has 25 heavy (non-hydrogen) atoms. The Hall–Kier alpha value is -2.34. The fraction of sp³-hybridized carbons (Fsp3) is 0.316. The molecule has 0 saturated carbocycles. The first-order valence-corrected chi connectivity index (χ1v) is 9.29. The van der Waals surface area contributed by atoms with E-state index in [2.05, 4.69) is 23.4 Å². The minimum atomic E-state index is 0.00221. The molecular formula is C19H22N4OS. The zero-order chi connectivity index (χ0) is 18.0. The molecule has 1 amide bonds. The Balaban J connectivity index is 2.03. The third kappa shape index (κ3) is 3.85. The van der Waals surface area contributed by atoms with Crippen molar-refractivity contribution in [1.29, 1.82) is 0 Å². The lowest BCUT2D eigenvalue weighted by Gasteiger charge is -2.07. The molecule has 1 N–H and O–H groups in total. The van der Waals surface area contributed by atoms with Gasteiger partial charge >= 0.3 is 0 Å². The lowest BCUT2D eigenvalue weighted by atomic mass is 10.1. The molecule has 5 nitrogen and oxygen atoms in total. The number of nitrogens with one attached hydrogen (secondary N) is 1. The average Bonchev–Trinajstić information content (AvgIpc) is 2.92. The maximum absolute atomic E-state index is 12.0. The standard InChI is InChI=1S/C19H22N4OS/c1-12(2)20-16(24)11-25-19-21-17(15-8-6-5-7-9-15)18-13(3)10-14(4)22-23(18)19/h5-10,12H,11H2,1-4H3,(H,20,24). The monoisotopic (exact) mass is 354 g/mol. The molecule has 0 aliphatic carbocycles. The highest BCUT2D eigenvalue weighted by atomic mass is 32.2. The zero-order valence-corrected chi connectivity index (χ0v) is 15.7. The van der Waals surface area contributed by atoms with Gasteiger partial charge in [0.15, 0.2) is 5.16 Å². The number of benzene rings is 1. The highest BCUT2D eigenvalue weighted by Gasteiger charge is 2.17. The normalized spacial score (nSPS) is 11.2. The SMILES string of the molecule is Cc1cc(C)c2c(-c3ccccc3)nc(SCC(=O)NC(C)C)n2n1. The minimum absolute atomic E-state index is 0.00221. The van der Waals surface area contributed by atoms with E-state index >= 15 is 0 Å². The fourth-order valence-corrected chi connectivity index (χ4v) is 3.54. The maximum atomic E-state index is 12.0. The summed E-state index contributed by atoms with van der Waals surface area (Å²) < 4.78 is 1.86. The number of rotatable bonds is 5. The number of carbonyl (C=O) groups excluding carboxylic acids is 1. The molecule has 0 bridgehead atoms. The van der Waals surface area contributed by atoms with E-state index in [1.165, 1.54) is 11.8 Å². The van der Waals surface area contributed by atoms with Gasteiger partial charge in [-0.1, -0.05) is 42.1 Å². The molecule has 130 valence electrons. The molecule has 0 saturated heterocycles. The highest BCUT2D eigenvalue weighted by Crippen LogP contribution is 2.30. The average molecular weight is 354 g/mol. The number of nitrogens with zero attached hydrogens (tertiary/aromatic N) is 3. The van der Waals surface area contributed by atoms with Crippen molar-refractivity contribution >= 4 is 23.2 Å². The molecule has 1 aromatic carbocycles. The first-order valence-electron chi connectivity index (χ1n) is 8.30. The third-order valence-corrected chi connectivity index (χ3v) is 4.64. The van der Waals surface area contributed by atoms with Crippen molar-refractivity contribution in [1.82, 2.24) is 19.9 Å². The Labute approximate surface area is 151 Å². The number of hydrogen-bond donors (Lipinski definition) is 1. The lowest BCUT2D eigenvalue weighted by molar-refractivity contribution is -0.119. The van der Waals surface area contributed by atoms with Gasteiger partial charge in [0.25, 0.3) is 0 Å². The van der Waals surface area contributed by atoms with Crippen LogP contribution in [0.2, 0.25) is 0 Å². The lowest BCUT2D eigenvalue weighted by Crippen LogP contribution is -2.31. The second-order valence-electron chi connectivity index (χ2n) is 6.35. The van der Waals surface area contributed by atoms with E-state index in [4.69, 9.17) is 4.98 Å². The molecule has 0 fully saturated rings. The molecule has 2 aromatic heterocycles. The molecule has 0 unspecified atom stereocenters. The summed E-state index contributed by atoms with van der Waals surface area (Å²) in [6.45, 7) is 7.94. The minimum Gasteiger partial charge on any atom is -0.353 e. The summed E-state index contributed by atoms with van der Waals surface area (Å²) in [6.07, 6.45) is 0. The molecule has 3 rings (SSSR count). The van der Waals surface area contributed by atoms with Crippen LogP contribution in [0.3, 0.4) is 0 Å². The molecule has 6 heteroatoms. The van der Waals surface area contributed by atoms with E-state index in [0.717, 1.165) is 33.2 Å². The van der Waals surface area contributed by atoms with Crippen LogP contribution in [0.1, 0.15) is 25.1 Å². The van der Waals surface area contributed by atoms with Crippen LogP contribution >= 0.6 is 11.8 Å². The van der Waals surface area contributed by atoms with E-state index in [1.54, 1.807) is 0 Å². The van der Waals surface area contributed by atoms with E-state index < -0.39 is 0 Å². The Kier molecular flexibility index (Phi) is 5.08. The van der Waals surface area contributed by atoms with Crippen LogP contribution in [0.25, 0.3) is 16.8 Å². The Bertz CT molecular complexity index is 903. The van der Waals surface area contributed by atoms with Crippen molar-refractivity contribution in [3.05, 3.63) is 47.7 Å². The van der Waals surface area contributed by atoms with Crippen LogP contribution in [0.4, 0.5) is 0 Å². The van der Waals surface area contributed by atoms with Crippen molar-refractivity contribution in [3.63, 3.8) is 0 Å². The van der Waals surface area contributed by atoms with Gasteiger partial charge in [-0.2, -0.15) is 5.10 Å². The molecular weight excluding hydrogens is 332 g/mol. The van der Waals surface area contributed by atoms with Gasteiger partial charge in [-0.25, -0.2) is 9.50 Å². The van der Waals surface area contributed by atoms with Crippen molar-refractivity contribution in [2.45, 2.75) is 38.9 Å². The topological polar surface area (TPSA) is 59.3 Å². The van der Waals surface area contributed by atoms with E-state index in [0.29, 0.717) is 5.75 Å². The summed E-state index contributed by atoms with van der Waals surface area (Å²) in [6, 6.07) is 12.3. The van der Waals surface area contributed by atoms with Crippen LogP contribution in [0, 0.1) is 13.8 Å². The smallest absolute Gasteiger partial charge is 0.230 e. The summed E-state index contributed by atoms with van der Waals surface area (Å²) in [5.74, 6) is 0.322. The second kappa shape index (κ2) is 7.27. The predicted octanol–water partition coefficient (Wildman–Crippen LogP) is 3.63. The van der Waals surface area contributed by atoms with Gasteiger partial charge in [0.1, 0.15) is 0 Å². The summed E-state index contributed by atoms with van der Waals surface area (Å²) in [4.78, 5) is 16.8. The van der Waals surface area contributed by atoms with Gasteiger partial charge in [0.2, 0.25) is 5.91 Å². The maximum Gasteiger partial charge on any atom is 0.230 e. The summed E-state index contributed by atoms with van der Waals surface area (Å²) in [5, 5.41) is 8.26. The van der Waals surface area contributed by atoms with E-state index in [-0.39, 0.29) is 11.9 Å². The van der Waals surface area contributed by atoms with Gasteiger partial charge in [0.05, 0.1) is 22.7 Å². The Morgan fingerprint density at radius 2 is 1.96 bits per heavy atom. The highest BCUT2D eigenvalue weighted by molar-refractivity contribution is 7.99. The summed E-state index contributed by atoms with van der Waals surface area (Å²) in [7, 11) is 0. The Morgan fingerprint density at radius 3 is 2.64 bits per heavy atom. The Morgan fingerprint density at radius 1 is 1.24 bits per heavy atom. The zero-order valence-electron chi connectivity index (χ0n) is 14.9. The van der Waals surface area contributed by atoms with Gasteiger partial charge in [-0.15, -0.1) is 0 Å². The summed E-state index contributed by atoms with van der Waals surface area (Å²) in [5.41, 5.74) is 4.99. The molecule has 0 aliphatic heterocycles. The molecule has 2 heterocycles. The molecule has 0 atom stereocenters. The number of imidazole rings is 1. The van der Waals surface area contributed by atoms with Crippen LogP contribution in [0.15, 0.2) is 41.6 Å². The van der Waals surface area contributed by atoms with Crippen LogP contribution in [-0.2, 0) is 4.79 Å². The largest absolute Gasteiger partial charge is 0.353 e. The van der Waals surface area contributed by atoms with Crippen LogP contribution < -0.4 is 5.32 Å². The van der Waals surface area contributed by atoms with Crippen molar-refractivity contribution < 1.29 is 4.79 Å². The number of fused-ring (bicyclic) bond motifs is 1. The quantitative estimate of drug-likeness (QED) is 0.711. The number of amides is 1. The van der Waals surface area contributed by atoms with Crippen molar-refractivity contribution in [2.75, 3.05) is 5.75 Å². The molecule has 0 spiro atoms. The number of aromatic nitrogens is 3. The van der Waals surface area contributed by atoms with Crippen molar-refractivity contribution in [2.24, 2.45) is 0 Å². The third-order valence-electron chi connectivity index (χ3n) is 3.71. The first kappa shape index (κ1) is 17.5. The molecule has 0 aliphatic rings. The molecule has 0 radical (unpaired) electrons. The van der Waals surface area contributed by atoms with Crippen LogP contribution in [0.5, 0.6) is 0 Å². The predicted molar refractivity (Wildman–Crippen MR) is 102 cm³/mol. The number of carbonyl (C=O) groups is 1. The molecule has 3 aromatic rings. The number of thioether (sulfide) groups is 1. The van der Waals surface area contributed by atoms with E-state index in [1.807, 2.05) is 55.6 Å². The van der Waals surface area contributed by atoms with Crippen LogP contribution in [-0.4, -0.2) is 32.3 Å². The van der Waals surface area contributed by atoms with Gasteiger partial charge in [0, 0.05) is 11.6 Å². The van der Waals surface area contributed by atoms with Crippen molar-refractivity contribution in [3.8, 4) is 11.3 Å². The fourth-order valence-electron chi connectivity index (χ4n) is 2.79. The van der Waals surface area contributed by atoms with Gasteiger partial charge in [-0.05, 0) is 39.3 Å². The number of hydrogen-bond acceptors (Lipinski definition) is 4. The van der Waals surface area contributed by atoms with Gasteiger partial charge in [-0.3, -0.25) is 4.79 Å². The summed E-state index contributed by atoms with van der Waals surface area (Å²) >= 11 is 1.41. The van der Waals surface area contributed by atoms with Gasteiger partial charge < -0.3 is 5.32 Å². The number of aryl methyl sites for hydroxylation is 2.